The summed E-state index contributed by atoms with van der Waals surface area (Å²) in [5.41, 5.74) is 2.34. The number of nitrogens with zero attached hydrogens (tertiary/aromatic N) is 1. The van der Waals surface area contributed by atoms with E-state index in [0.717, 1.165) is 16.7 Å². The van der Waals surface area contributed by atoms with Gasteiger partial charge in [-0.15, -0.1) is 0 Å². The lowest BCUT2D eigenvalue weighted by Crippen LogP contribution is -1.74. The van der Waals surface area contributed by atoms with Crippen LogP contribution in [0, 0.1) is 5.41 Å². The lowest BCUT2D eigenvalue weighted by molar-refractivity contribution is 0.427. The van der Waals surface area contributed by atoms with Crippen molar-refractivity contribution in [2.45, 2.75) is 0 Å². The van der Waals surface area contributed by atoms with Crippen LogP contribution in [0.2, 0.25) is 0 Å². The lowest BCUT2D eigenvalue weighted by Gasteiger charge is -1.75. The maximum absolute atomic E-state index is 6.90. The van der Waals surface area contributed by atoms with Crippen LogP contribution in [-0.4, -0.2) is 16.4 Å². The Kier molecular flexibility index (Phi) is 0.887. The van der Waals surface area contributed by atoms with E-state index >= 15 is 0 Å². The quantitative estimate of drug-likeness (QED) is 0.576. The fourth-order valence-corrected chi connectivity index (χ4v) is 0.860. The van der Waals surface area contributed by atoms with Gasteiger partial charge in [0.25, 0.3) is 0 Å². The molecule has 2 aromatic rings. The molecule has 10 heavy (non-hydrogen) atoms. The van der Waals surface area contributed by atoms with E-state index in [1.165, 1.54) is 12.5 Å². The first kappa shape index (κ1) is 5.22. The molecule has 0 aliphatic heterocycles. The van der Waals surface area contributed by atoms with Gasteiger partial charge in [-0.05, 0) is 6.07 Å². The fourth-order valence-electron chi connectivity index (χ4n) is 0.860. The zero-order valence-electron chi connectivity index (χ0n) is 5.09. The van der Waals surface area contributed by atoms with Crippen LogP contribution in [0.15, 0.2) is 16.9 Å². The van der Waals surface area contributed by atoms with Crippen molar-refractivity contribution in [2.24, 2.45) is 0 Å². The molecule has 0 aromatic carbocycles. The van der Waals surface area contributed by atoms with Gasteiger partial charge in [-0.1, -0.05) is 5.16 Å². The maximum atomic E-state index is 6.90. The van der Waals surface area contributed by atoms with Crippen molar-refractivity contribution in [2.75, 3.05) is 0 Å². The van der Waals surface area contributed by atoms with E-state index in [2.05, 4.69) is 14.7 Å². The van der Waals surface area contributed by atoms with Gasteiger partial charge < -0.3 is 14.9 Å². The van der Waals surface area contributed by atoms with Gasteiger partial charge in [-0.3, -0.25) is 0 Å². The molecule has 0 atom stereocenters. The van der Waals surface area contributed by atoms with Crippen molar-refractivity contribution in [1.29, 1.82) is 5.41 Å². The van der Waals surface area contributed by atoms with E-state index < -0.39 is 0 Å². The van der Waals surface area contributed by atoms with Gasteiger partial charge in [0.2, 0.25) is 0 Å². The highest BCUT2D eigenvalue weighted by Gasteiger charge is 1.99. The van der Waals surface area contributed by atoms with E-state index in [0.29, 0.717) is 0 Å². The third kappa shape index (κ3) is 0.556. The number of fused-ring (bicyclic) bond motifs is 1. The van der Waals surface area contributed by atoms with E-state index in [4.69, 9.17) is 5.41 Å². The molecule has 2 rings (SSSR count). The number of hydrogen-bond donors (Lipinski definition) is 2. The van der Waals surface area contributed by atoms with Gasteiger partial charge in [0.1, 0.15) is 17.3 Å². The van der Waals surface area contributed by atoms with Crippen molar-refractivity contribution >= 4 is 17.2 Å². The highest BCUT2D eigenvalue weighted by molar-refractivity contribution is 5.85. The highest BCUT2D eigenvalue weighted by atomic mass is 16.5. The van der Waals surface area contributed by atoms with Gasteiger partial charge in [0.15, 0.2) is 0 Å². The molecule has 0 aliphatic carbocycles. The van der Waals surface area contributed by atoms with E-state index in [9.17, 15) is 0 Å². The van der Waals surface area contributed by atoms with Gasteiger partial charge in [0, 0.05) is 6.21 Å². The second kappa shape index (κ2) is 1.70. The molecule has 0 amide bonds. The minimum atomic E-state index is 0.744. The Morgan fingerprint density at radius 1 is 1.70 bits per heavy atom. The number of nitrogens with one attached hydrogen (secondary N) is 2. The molecule has 2 aromatic heterocycles. The molecule has 0 fully saturated rings. The second-order valence-electron chi connectivity index (χ2n) is 1.98. The molecule has 2 N–H and O–H groups in total. The summed E-state index contributed by atoms with van der Waals surface area (Å²) < 4.78 is 4.65. The molecule has 50 valence electrons. The summed E-state index contributed by atoms with van der Waals surface area (Å²) in [6.45, 7) is 0. The standard InChI is InChI=1S/C6H5N3O/c7-2-4-1-5-6(8-4)3-10-9-5/h1-3,7-8H. The minimum Gasteiger partial charge on any atom is -0.362 e. The normalized spacial score (nSPS) is 10.4. The van der Waals surface area contributed by atoms with Gasteiger partial charge in [0.05, 0.1) is 5.69 Å². The molecule has 0 radical (unpaired) electrons. The number of hydrogen-bond acceptors (Lipinski definition) is 3. The Morgan fingerprint density at radius 2 is 2.60 bits per heavy atom. The summed E-state index contributed by atoms with van der Waals surface area (Å²) in [4.78, 5) is 2.93. The van der Waals surface area contributed by atoms with Crippen LogP contribution in [-0.2, 0) is 0 Å². The largest absolute Gasteiger partial charge is 0.362 e. The van der Waals surface area contributed by atoms with Crippen LogP contribution in [0.5, 0.6) is 0 Å². The van der Waals surface area contributed by atoms with Crippen molar-refractivity contribution in [3.8, 4) is 0 Å². The Morgan fingerprint density at radius 3 is 3.30 bits per heavy atom. The summed E-state index contributed by atoms with van der Waals surface area (Å²) in [5.74, 6) is 0. The number of aromatic nitrogens is 2. The smallest absolute Gasteiger partial charge is 0.147 e. The first-order valence-electron chi connectivity index (χ1n) is 2.84. The van der Waals surface area contributed by atoms with Crippen molar-refractivity contribution in [3.05, 3.63) is 18.0 Å². The average molecular weight is 135 g/mol. The van der Waals surface area contributed by atoms with E-state index in [1.807, 2.05) is 0 Å². The third-order valence-electron chi connectivity index (χ3n) is 1.32. The van der Waals surface area contributed by atoms with Crippen molar-refractivity contribution in [1.82, 2.24) is 10.1 Å². The molecule has 0 saturated carbocycles. The van der Waals surface area contributed by atoms with Crippen LogP contribution >= 0.6 is 0 Å². The monoisotopic (exact) mass is 135 g/mol. The van der Waals surface area contributed by atoms with E-state index in [-0.39, 0.29) is 0 Å². The number of H-pyrrole nitrogens is 1. The Hall–Kier alpha value is -1.58. The zero-order valence-corrected chi connectivity index (χ0v) is 5.09. The molecule has 0 saturated heterocycles. The molecular weight excluding hydrogens is 130 g/mol. The zero-order chi connectivity index (χ0) is 6.97. The Balaban J connectivity index is 2.78. The molecule has 0 aliphatic rings. The first-order valence-corrected chi connectivity index (χ1v) is 2.84. The Labute approximate surface area is 56.3 Å². The van der Waals surface area contributed by atoms with Crippen LogP contribution in [0.3, 0.4) is 0 Å². The Bertz CT molecular complexity index is 331. The first-order chi connectivity index (χ1) is 4.90. The number of rotatable bonds is 1. The molecule has 2 heterocycles. The second-order valence-corrected chi connectivity index (χ2v) is 1.98. The van der Waals surface area contributed by atoms with Crippen LogP contribution < -0.4 is 0 Å². The SMILES string of the molecule is N=Cc1cc2nocc2[nH]1. The predicted octanol–water partition coefficient (Wildman–Crippen LogP) is 1.15. The van der Waals surface area contributed by atoms with Crippen molar-refractivity contribution < 1.29 is 4.52 Å². The molecule has 0 unspecified atom stereocenters. The highest BCUT2D eigenvalue weighted by Crippen LogP contribution is 2.10. The summed E-state index contributed by atoms with van der Waals surface area (Å²) in [7, 11) is 0. The molecule has 4 nitrogen and oxygen atoms in total. The van der Waals surface area contributed by atoms with Gasteiger partial charge in [-0.2, -0.15) is 0 Å². The average Bonchev–Trinajstić information content (AvgIpc) is 2.42. The lowest BCUT2D eigenvalue weighted by atomic mass is 10.4. The summed E-state index contributed by atoms with van der Waals surface area (Å²) >= 11 is 0. The van der Waals surface area contributed by atoms with Crippen LogP contribution in [0.1, 0.15) is 5.69 Å². The predicted molar refractivity (Wildman–Crippen MR) is 36.2 cm³/mol. The number of aromatic amines is 1. The maximum Gasteiger partial charge on any atom is 0.147 e. The van der Waals surface area contributed by atoms with Gasteiger partial charge in [-0.25, -0.2) is 0 Å². The van der Waals surface area contributed by atoms with Crippen LogP contribution in [0.4, 0.5) is 0 Å². The molecule has 0 bridgehead atoms. The molecule has 0 spiro atoms. The molecular formula is C6H5N3O. The van der Waals surface area contributed by atoms with Crippen LogP contribution in [0.25, 0.3) is 11.0 Å². The summed E-state index contributed by atoms with van der Waals surface area (Å²) in [6.07, 6.45) is 2.75. The fraction of sp³-hybridized carbons (Fsp3) is 0. The third-order valence-corrected chi connectivity index (χ3v) is 1.32. The topological polar surface area (TPSA) is 65.7 Å². The molecule has 4 heteroatoms. The van der Waals surface area contributed by atoms with E-state index in [1.54, 1.807) is 6.07 Å². The van der Waals surface area contributed by atoms with Crippen molar-refractivity contribution in [3.63, 3.8) is 0 Å². The summed E-state index contributed by atoms with van der Waals surface area (Å²) in [5, 5.41) is 10.6. The minimum absolute atomic E-state index is 0.744. The van der Waals surface area contributed by atoms with Gasteiger partial charge >= 0.3 is 0 Å². The summed E-state index contributed by atoms with van der Waals surface area (Å²) in [6, 6.07) is 1.76.